The zero-order valence-corrected chi connectivity index (χ0v) is 16.7. The van der Waals surface area contributed by atoms with Crippen molar-refractivity contribution < 1.29 is 8.42 Å². The van der Waals surface area contributed by atoms with Crippen molar-refractivity contribution in [2.45, 2.75) is 23.8 Å². The van der Waals surface area contributed by atoms with Crippen molar-refractivity contribution in [1.29, 1.82) is 0 Å². The summed E-state index contributed by atoms with van der Waals surface area (Å²) in [7, 11) is -3.74. The predicted octanol–water partition coefficient (Wildman–Crippen LogP) is 2.62. The molecule has 3 aromatic rings. The first-order chi connectivity index (χ1) is 13.4. The number of H-pyrrole nitrogens is 2. The fourth-order valence-electron chi connectivity index (χ4n) is 3.69. The Morgan fingerprint density at radius 2 is 1.79 bits per heavy atom. The van der Waals surface area contributed by atoms with E-state index in [4.69, 9.17) is 11.6 Å². The lowest BCUT2D eigenvalue weighted by Gasteiger charge is -2.28. The molecule has 3 N–H and O–H groups in total. The van der Waals surface area contributed by atoms with E-state index in [0.29, 0.717) is 16.1 Å². The molecule has 0 saturated carbocycles. The molecule has 1 fully saturated rings. The fourth-order valence-corrected chi connectivity index (χ4v) is 5.01. The number of halogens is 1. The number of imidazole rings is 1. The maximum atomic E-state index is 12.9. The van der Waals surface area contributed by atoms with Crippen LogP contribution in [0.5, 0.6) is 0 Å². The third-order valence-corrected chi connectivity index (χ3v) is 6.88. The molecule has 28 heavy (non-hydrogen) atoms. The van der Waals surface area contributed by atoms with Gasteiger partial charge in [0.2, 0.25) is 10.0 Å². The van der Waals surface area contributed by atoms with Crippen molar-refractivity contribution in [2.24, 2.45) is 0 Å². The molecule has 1 aliphatic rings. The van der Waals surface area contributed by atoms with Gasteiger partial charge in [-0.2, -0.15) is 0 Å². The second-order valence-corrected chi connectivity index (χ2v) is 9.09. The molecule has 0 unspecified atom stereocenters. The van der Waals surface area contributed by atoms with Crippen LogP contribution in [0, 0.1) is 0 Å². The van der Waals surface area contributed by atoms with E-state index in [2.05, 4.69) is 19.6 Å². The van der Waals surface area contributed by atoms with Crippen LogP contribution in [0.1, 0.15) is 24.4 Å². The van der Waals surface area contributed by atoms with Crippen molar-refractivity contribution in [3.63, 3.8) is 0 Å². The fraction of sp³-hybridized carbons (Fsp3) is 0.316. The van der Waals surface area contributed by atoms with Gasteiger partial charge in [-0.25, -0.2) is 17.9 Å². The summed E-state index contributed by atoms with van der Waals surface area (Å²) in [6, 6.07) is 11.9. The molecule has 0 bridgehead atoms. The molecule has 2 heterocycles. The van der Waals surface area contributed by atoms with Crippen LogP contribution in [-0.4, -0.2) is 42.9 Å². The number of rotatable bonds is 6. The van der Waals surface area contributed by atoms with E-state index in [-0.39, 0.29) is 23.2 Å². The van der Waals surface area contributed by atoms with Gasteiger partial charge in [0.1, 0.15) is 0 Å². The molecule has 2 aromatic carbocycles. The third kappa shape index (κ3) is 3.86. The van der Waals surface area contributed by atoms with E-state index < -0.39 is 10.0 Å². The summed E-state index contributed by atoms with van der Waals surface area (Å²) in [5, 5.41) is 0.630. The van der Waals surface area contributed by atoms with Crippen molar-refractivity contribution in [3.8, 4) is 0 Å². The lowest BCUT2D eigenvalue weighted by molar-refractivity contribution is 0.246. The summed E-state index contributed by atoms with van der Waals surface area (Å²) < 4.78 is 28.4. The number of likely N-dealkylation sites (tertiary alicyclic amines) is 1. The summed E-state index contributed by atoms with van der Waals surface area (Å²) >= 11 is 6.39. The Morgan fingerprint density at radius 3 is 2.54 bits per heavy atom. The number of hydrogen-bond acceptors (Lipinski definition) is 4. The largest absolute Gasteiger partial charge is 0.323 e. The second-order valence-electron chi connectivity index (χ2n) is 6.92. The summed E-state index contributed by atoms with van der Waals surface area (Å²) in [5.74, 6) is 0. The molecule has 9 heteroatoms. The van der Waals surface area contributed by atoms with Crippen LogP contribution < -0.4 is 10.4 Å². The van der Waals surface area contributed by atoms with Crippen LogP contribution in [0.2, 0.25) is 5.02 Å². The number of aromatic amines is 2. The first-order valence-corrected chi connectivity index (χ1v) is 11.0. The maximum absolute atomic E-state index is 12.9. The van der Waals surface area contributed by atoms with Crippen molar-refractivity contribution >= 4 is 32.7 Å². The smallest absolute Gasteiger partial charge is 0.306 e. The van der Waals surface area contributed by atoms with Gasteiger partial charge in [0.05, 0.1) is 15.9 Å². The van der Waals surface area contributed by atoms with Gasteiger partial charge in [-0.05, 0) is 55.8 Å². The Labute approximate surface area is 167 Å². The van der Waals surface area contributed by atoms with Crippen LogP contribution in [0.15, 0.2) is 52.2 Å². The Kier molecular flexibility index (Phi) is 5.29. The first kappa shape index (κ1) is 19.2. The van der Waals surface area contributed by atoms with E-state index in [1.807, 2.05) is 24.3 Å². The van der Waals surface area contributed by atoms with E-state index in [9.17, 15) is 13.2 Å². The number of benzene rings is 2. The number of fused-ring (bicyclic) bond motifs is 1. The Balaban J connectivity index is 1.59. The van der Waals surface area contributed by atoms with Gasteiger partial charge in [0, 0.05) is 17.6 Å². The number of hydrogen-bond donors (Lipinski definition) is 3. The Bertz CT molecular complexity index is 1150. The molecule has 0 amide bonds. The van der Waals surface area contributed by atoms with Gasteiger partial charge in [-0.3, -0.25) is 4.90 Å². The van der Waals surface area contributed by atoms with Crippen molar-refractivity contribution in [2.75, 3.05) is 19.6 Å². The Morgan fingerprint density at radius 1 is 1.07 bits per heavy atom. The molecule has 1 aromatic heterocycles. The molecule has 0 aliphatic carbocycles. The molecule has 0 radical (unpaired) electrons. The van der Waals surface area contributed by atoms with Gasteiger partial charge in [0.15, 0.2) is 0 Å². The van der Waals surface area contributed by atoms with Gasteiger partial charge in [0.25, 0.3) is 0 Å². The number of nitrogens with one attached hydrogen (secondary N) is 3. The summed E-state index contributed by atoms with van der Waals surface area (Å²) in [5.41, 5.74) is 1.56. The molecule has 1 atom stereocenters. The second kappa shape index (κ2) is 7.71. The average Bonchev–Trinajstić information content (AvgIpc) is 3.31. The van der Waals surface area contributed by atoms with Crippen LogP contribution in [-0.2, 0) is 10.0 Å². The lowest BCUT2D eigenvalue weighted by atomic mass is 10.1. The summed E-state index contributed by atoms with van der Waals surface area (Å²) in [6.07, 6.45) is 2.18. The van der Waals surface area contributed by atoms with E-state index in [0.717, 1.165) is 31.5 Å². The topological polar surface area (TPSA) is 98.1 Å². The van der Waals surface area contributed by atoms with Gasteiger partial charge >= 0.3 is 5.69 Å². The van der Waals surface area contributed by atoms with Crippen molar-refractivity contribution in [3.05, 3.63) is 63.5 Å². The standard InChI is InChI=1S/C19H21ClN4O3S/c20-15-6-2-1-5-14(15)18(24-9-3-4-10-24)12-21-28(26,27)13-7-8-16-17(11-13)23-19(25)22-16/h1-2,5-8,11,18,21H,3-4,9-10,12H2,(H2,22,23,25)/t18-/m1/s1. The molecule has 1 saturated heterocycles. The zero-order chi connectivity index (χ0) is 19.7. The van der Waals surface area contributed by atoms with Crippen LogP contribution in [0.3, 0.4) is 0 Å². The van der Waals surface area contributed by atoms with Gasteiger partial charge < -0.3 is 9.97 Å². The van der Waals surface area contributed by atoms with E-state index >= 15 is 0 Å². The summed E-state index contributed by atoms with van der Waals surface area (Å²) in [4.78, 5) is 19.0. The highest BCUT2D eigenvalue weighted by Gasteiger charge is 2.27. The predicted molar refractivity (Wildman–Crippen MR) is 109 cm³/mol. The summed E-state index contributed by atoms with van der Waals surface area (Å²) in [6.45, 7) is 2.04. The minimum Gasteiger partial charge on any atom is -0.306 e. The molecular weight excluding hydrogens is 400 g/mol. The Hall–Kier alpha value is -2.13. The molecule has 0 spiro atoms. The molecule has 4 rings (SSSR count). The molecule has 1 aliphatic heterocycles. The van der Waals surface area contributed by atoms with E-state index in [1.54, 1.807) is 6.07 Å². The highest BCUT2D eigenvalue weighted by atomic mass is 35.5. The number of nitrogens with zero attached hydrogens (tertiary/aromatic N) is 1. The van der Waals surface area contributed by atoms with Crippen LogP contribution >= 0.6 is 11.6 Å². The third-order valence-electron chi connectivity index (χ3n) is 5.11. The minimum absolute atomic E-state index is 0.106. The number of sulfonamides is 1. The van der Waals surface area contributed by atoms with Crippen LogP contribution in [0.25, 0.3) is 11.0 Å². The number of aromatic nitrogens is 2. The highest BCUT2D eigenvalue weighted by molar-refractivity contribution is 7.89. The van der Waals surface area contributed by atoms with E-state index in [1.165, 1.54) is 12.1 Å². The lowest BCUT2D eigenvalue weighted by Crippen LogP contribution is -2.37. The zero-order valence-electron chi connectivity index (χ0n) is 15.1. The normalized spacial score (nSPS) is 16.6. The van der Waals surface area contributed by atoms with Crippen molar-refractivity contribution in [1.82, 2.24) is 19.6 Å². The quantitative estimate of drug-likeness (QED) is 0.571. The monoisotopic (exact) mass is 420 g/mol. The first-order valence-electron chi connectivity index (χ1n) is 9.14. The van der Waals surface area contributed by atoms with Crippen LogP contribution in [0.4, 0.5) is 0 Å². The molecule has 7 nitrogen and oxygen atoms in total. The minimum atomic E-state index is -3.74. The highest BCUT2D eigenvalue weighted by Crippen LogP contribution is 2.30. The average molecular weight is 421 g/mol. The molecular formula is C19H21ClN4O3S. The molecule has 148 valence electrons. The van der Waals surface area contributed by atoms with Gasteiger partial charge in [-0.1, -0.05) is 29.8 Å². The maximum Gasteiger partial charge on any atom is 0.323 e. The SMILES string of the molecule is O=c1[nH]c2ccc(S(=O)(=O)NC[C@H](c3ccccc3Cl)N3CCCC3)cc2[nH]1. The van der Waals surface area contributed by atoms with Gasteiger partial charge in [-0.15, -0.1) is 0 Å².